The standard InChI is InChI=1S/C20H26N6O3/c1-13-8-19(2,3)12-20(9-13)17(28)26(18(29)22-20)11-16(27)21-10-15-24-23-14-6-4-5-7-25(14)15/h4-7,13H,8-12H2,1-3H3,(H,21,27)(H,22,29)/t13-,20-/m0/s1. The Morgan fingerprint density at radius 3 is 2.83 bits per heavy atom. The Balaban J connectivity index is 1.42. The summed E-state index contributed by atoms with van der Waals surface area (Å²) in [6.07, 6.45) is 4.00. The van der Waals surface area contributed by atoms with Crippen molar-refractivity contribution in [3.8, 4) is 0 Å². The fourth-order valence-corrected chi connectivity index (χ4v) is 5.04. The van der Waals surface area contributed by atoms with E-state index in [1.807, 2.05) is 24.4 Å². The quantitative estimate of drug-likeness (QED) is 0.759. The highest BCUT2D eigenvalue weighted by Gasteiger charge is 2.56. The van der Waals surface area contributed by atoms with Gasteiger partial charge in [-0.2, -0.15) is 0 Å². The highest BCUT2D eigenvalue weighted by atomic mass is 16.2. The summed E-state index contributed by atoms with van der Waals surface area (Å²) < 4.78 is 1.77. The molecule has 1 aliphatic heterocycles. The molecule has 9 nitrogen and oxygen atoms in total. The van der Waals surface area contributed by atoms with Crippen molar-refractivity contribution >= 4 is 23.5 Å². The number of hydrogen-bond donors (Lipinski definition) is 2. The molecule has 2 aromatic rings. The van der Waals surface area contributed by atoms with Crippen molar-refractivity contribution in [3.63, 3.8) is 0 Å². The van der Waals surface area contributed by atoms with Crippen molar-refractivity contribution in [2.24, 2.45) is 11.3 Å². The number of nitrogens with zero attached hydrogens (tertiary/aromatic N) is 4. The second kappa shape index (κ2) is 6.82. The van der Waals surface area contributed by atoms with Gasteiger partial charge < -0.3 is 10.6 Å². The minimum Gasteiger partial charge on any atom is -0.347 e. The molecule has 0 aromatic carbocycles. The van der Waals surface area contributed by atoms with Crippen LogP contribution in [0.15, 0.2) is 24.4 Å². The van der Waals surface area contributed by atoms with E-state index in [-0.39, 0.29) is 24.4 Å². The van der Waals surface area contributed by atoms with Gasteiger partial charge in [-0.15, -0.1) is 10.2 Å². The number of carbonyl (C=O) groups is 3. The normalized spacial score (nSPS) is 26.2. The molecule has 1 aliphatic carbocycles. The van der Waals surface area contributed by atoms with Gasteiger partial charge in [0.05, 0.1) is 6.54 Å². The Labute approximate surface area is 168 Å². The van der Waals surface area contributed by atoms with Gasteiger partial charge in [-0.1, -0.05) is 26.8 Å². The zero-order chi connectivity index (χ0) is 20.8. The lowest BCUT2D eigenvalue weighted by Crippen LogP contribution is -2.54. The SMILES string of the molecule is C[C@H]1CC(C)(C)C[C@]2(C1)NC(=O)N(CC(=O)NCc1nnc3ccccn13)C2=O. The molecular formula is C20H26N6O3. The number of urea groups is 1. The molecular weight excluding hydrogens is 372 g/mol. The van der Waals surface area contributed by atoms with Gasteiger partial charge in [0.1, 0.15) is 12.1 Å². The van der Waals surface area contributed by atoms with E-state index in [1.54, 1.807) is 4.40 Å². The van der Waals surface area contributed by atoms with Crippen LogP contribution in [0.1, 0.15) is 45.9 Å². The van der Waals surface area contributed by atoms with Crippen molar-refractivity contribution < 1.29 is 14.4 Å². The second-order valence-corrected chi connectivity index (χ2v) is 9.08. The molecule has 4 amide bonds. The van der Waals surface area contributed by atoms with Crippen LogP contribution in [0, 0.1) is 11.3 Å². The largest absolute Gasteiger partial charge is 0.347 e. The average molecular weight is 398 g/mol. The number of rotatable bonds is 4. The monoisotopic (exact) mass is 398 g/mol. The summed E-state index contributed by atoms with van der Waals surface area (Å²) in [5, 5.41) is 13.7. The number of carbonyl (C=O) groups excluding carboxylic acids is 3. The molecule has 2 atom stereocenters. The predicted octanol–water partition coefficient (Wildman–Crippen LogP) is 1.48. The number of nitrogens with one attached hydrogen (secondary N) is 2. The van der Waals surface area contributed by atoms with E-state index >= 15 is 0 Å². The molecule has 9 heteroatoms. The zero-order valence-electron chi connectivity index (χ0n) is 16.9. The maximum absolute atomic E-state index is 13.1. The van der Waals surface area contributed by atoms with Crippen molar-refractivity contribution in [1.29, 1.82) is 0 Å². The van der Waals surface area contributed by atoms with Crippen molar-refractivity contribution in [2.75, 3.05) is 6.54 Å². The topological polar surface area (TPSA) is 109 Å². The molecule has 2 N–H and O–H groups in total. The van der Waals surface area contributed by atoms with Crippen LogP contribution in [0.25, 0.3) is 5.65 Å². The van der Waals surface area contributed by atoms with Crippen LogP contribution in [-0.2, 0) is 16.1 Å². The lowest BCUT2D eigenvalue weighted by Gasteiger charge is -2.43. The van der Waals surface area contributed by atoms with Crippen LogP contribution in [0.3, 0.4) is 0 Å². The van der Waals surface area contributed by atoms with Gasteiger partial charge >= 0.3 is 6.03 Å². The Morgan fingerprint density at radius 2 is 2.07 bits per heavy atom. The third-order valence-corrected chi connectivity index (χ3v) is 5.75. The fraction of sp³-hybridized carbons (Fsp3) is 0.550. The van der Waals surface area contributed by atoms with Gasteiger partial charge in [-0.25, -0.2) is 4.79 Å². The molecule has 0 unspecified atom stereocenters. The first-order chi connectivity index (χ1) is 13.7. The molecule has 2 fully saturated rings. The molecule has 0 bridgehead atoms. The van der Waals surface area contributed by atoms with E-state index in [1.165, 1.54) is 0 Å². The Kier molecular flexibility index (Phi) is 4.55. The summed E-state index contributed by atoms with van der Waals surface area (Å²) in [6, 6.07) is 5.02. The average Bonchev–Trinajstić information content (AvgIpc) is 3.13. The van der Waals surface area contributed by atoms with Gasteiger partial charge in [0.15, 0.2) is 11.5 Å². The lowest BCUT2D eigenvalue weighted by atomic mass is 9.64. The molecule has 0 radical (unpaired) electrons. The number of amides is 4. The summed E-state index contributed by atoms with van der Waals surface area (Å²) >= 11 is 0. The fourth-order valence-electron chi connectivity index (χ4n) is 5.04. The minimum absolute atomic E-state index is 0.0480. The maximum atomic E-state index is 13.1. The van der Waals surface area contributed by atoms with Crippen LogP contribution in [0.4, 0.5) is 4.79 Å². The lowest BCUT2D eigenvalue weighted by molar-refractivity contribution is -0.137. The van der Waals surface area contributed by atoms with Crippen LogP contribution in [-0.4, -0.2) is 49.4 Å². The Hall–Kier alpha value is -2.97. The van der Waals surface area contributed by atoms with E-state index < -0.39 is 17.5 Å². The predicted molar refractivity (Wildman–Crippen MR) is 105 cm³/mol. The number of aromatic nitrogens is 3. The first-order valence-corrected chi connectivity index (χ1v) is 9.89. The maximum Gasteiger partial charge on any atom is 0.325 e. The summed E-state index contributed by atoms with van der Waals surface area (Å²) in [7, 11) is 0. The van der Waals surface area contributed by atoms with E-state index in [0.29, 0.717) is 30.2 Å². The van der Waals surface area contributed by atoms with Crippen LogP contribution in [0.2, 0.25) is 0 Å². The van der Waals surface area contributed by atoms with E-state index in [2.05, 4.69) is 41.6 Å². The van der Waals surface area contributed by atoms with Gasteiger partial charge in [0.25, 0.3) is 5.91 Å². The minimum atomic E-state index is -0.901. The molecule has 1 saturated heterocycles. The molecule has 1 saturated carbocycles. The number of imide groups is 1. The molecule has 2 aromatic heterocycles. The first kappa shape index (κ1) is 19.4. The number of fused-ring (bicyclic) bond motifs is 1. The van der Waals surface area contributed by atoms with E-state index in [4.69, 9.17) is 0 Å². The van der Waals surface area contributed by atoms with Crippen LogP contribution in [0.5, 0.6) is 0 Å². The molecule has 1 spiro atoms. The third kappa shape index (κ3) is 3.56. The molecule has 154 valence electrons. The summed E-state index contributed by atoms with van der Waals surface area (Å²) in [6.45, 7) is 6.17. The summed E-state index contributed by atoms with van der Waals surface area (Å²) in [5.74, 6) is 0.176. The second-order valence-electron chi connectivity index (χ2n) is 9.08. The number of hydrogen-bond acceptors (Lipinski definition) is 5. The van der Waals surface area contributed by atoms with Crippen molar-refractivity contribution in [1.82, 2.24) is 30.1 Å². The Morgan fingerprint density at radius 1 is 1.28 bits per heavy atom. The van der Waals surface area contributed by atoms with Crippen molar-refractivity contribution in [2.45, 2.75) is 52.1 Å². The van der Waals surface area contributed by atoms with Gasteiger partial charge in [0, 0.05) is 6.20 Å². The van der Waals surface area contributed by atoms with Crippen LogP contribution >= 0.6 is 0 Å². The molecule has 3 heterocycles. The third-order valence-electron chi connectivity index (χ3n) is 5.75. The Bertz CT molecular complexity index is 984. The van der Waals surface area contributed by atoms with Gasteiger partial charge in [-0.05, 0) is 42.7 Å². The summed E-state index contributed by atoms with van der Waals surface area (Å²) in [4.78, 5) is 39.1. The highest BCUT2D eigenvalue weighted by Crippen LogP contribution is 2.46. The van der Waals surface area contributed by atoms with E-state index in [9.17, 15) is 14.4 Å². The molecule has 4 rings (SSSR count). The van der Waals surface area contributed by atoms with Crippen LogP contribution < -0.4 is 10.6 Å². The van der Waals surface area contributed by atoms with Crippen molar-refractivity contribution in [3.05, 3.63) is 30.2 Å². The van der Waals surface area contributed by atoms with Gasteiger partial charge in [0.2, 0.25) is 5.91 Å². The first-order valence-electron chi connectivity index (χ1n) is 9.89. The highest BCUT2D eigenvalue weighted by molar-refractivity contribution is 6.09. The molecule has 2 aliphatic rings. The molecule has 29 heavy (non-hydrogen) atoms. The van der Waals surface area contributed by atoms with E-state index in [0.717, 1.165) is 11.3 Å². The van der Waals surface area contributed by atoms with Gasteiger partial charge in [-0.3, -0.25) is 18.9 Å². The summed E-state index contributed by atoms with van der Waals surface area (Å²) in [5.41, 5.74) is -0.267. The zero-order valence-corrected chi connectivity index (χ0v) is 16.9. The smallest absolute Gasteiger partial charge is 0.325 e. The number of pyridine rings is 1.